The van der Waals surface area contributed by atoms with Gasteiger partial charge in [-0.15, -0.1) is 0 Å². The molecule has 0 saturated carbocycles. The molecular weight excluding hydrogens is 317 g/mol. The summed E-state index contributed by atoms with van der Waals surface area (Å²) in [4.78, 5) is 22.6. The van der Waals surface area contributed by atoms with Crippen molar-refractivity contribution in [3.63, 3.8) is 0 Å². The monoisotopic (exact) mass is 331 g/mol. The second-order valence-electron chi connectivity index (χ2n) is 4.84. The van der Waals surface area contributed by atoms with Crippen LogP contribution >= 0.6 is 23.2 Å². The van der Waals surface area contributed by atoms with Gasteiger partial charge in [0.25, 0.3) is 0 Å². The second-order valence-corrected chi connectivity index (χ2v) is 5.66. The first-order valence-electron chi connectivity index (χ1n) is 6.55. The zero-order valence-electron chi connectivity index (χ0n) is 11.1. The number of aliphatic carboxylic acids is 1. The van der Waals surface area contributed by atoms with Crippen LogP contribution in [0.3, 0.4) is 0 Å². The number of nitrogens with one attached hydrogen (secondary N) is 1. The third-order valence-corrected chi connectivity index (χ3v) is 4.02. The normalized spacial score (nSPS) is 21.2. The van der Waals surface area contributed by atoms with Gasteiger partial charge in [-0.05, 0) is 30.5 Å². The van der Waals surface area contributed by atoms with Crippen molar-refractivity contribution in [3.8, 4) is 0 Å². The largest absolute Gasteiger partial charge is 0.479 e. The first-order valence-corrected chi connectivity index (χ1v) is 7.31. The van der Waals surface area contributed by atoms with Crippen molar-refractivity contribution in [3.05, 3.63) is 33.8 Å². The van der Waals surface area contributed by atoms with Crippen LogP contribution in [0.1, 0.15) is 18.4 Å². The number of hydrogen-bond donors (Lipinski definition) is 2. The number of halogens is 2. The van der Waals surface area contributed by atoms with Crippen molar-refractivity contribution < 1.29 is 19.4 Å². The molecule has 0 radical (unpaired) electrons. The van der Waals surface area contributed by atoms with Crippen molar-refractivity contribution in [1.82, 2.24) is 5.32 Å². The van der Waals surface area contributed by atoms with E-state index in [4.69, 9.17) is 33.0 Å². The Morgan fingerprint density at radius 2 is 1.95 bits per heavy atom. The number of carbonyl (C=O) groups excluding carboxylic acids is 1. The van der Waals surface area contributed by atoms with E-state index in [2.05, 4.69) is 5.32 Å². The van der Waals surface area contributed by atoms with Gasteiger partial charge in [0.05, 0.1) is 12.5 Å². The van der Waals surface area contributed by atoms with Crippen molar-refractivity contribution in [2.75, 3.05) is 6.54 Å². The number of rotatable bonds is 5. The molecule has 2 atom stereocenters. The summed E-state index contributed by atoms with van der Waals surface area (Å²) in [6.45, 7) is 0.282. The van der Waals surface area contributed by atoms with E-state index in [-0.39, 0.29) is 25.0 Å². The number of ether oxygens (including phenoxy) is 1. The zero-order valence-corrected chi connectivity index (χ0v) is 12.7. The summed E-state index contributed by atoms with van der Waals surface area (Å²) in [7, 11) is 0. The maximum atomic E-state index is 11.9. The minimum absolute atomic E-state index is 0.0770. The van der Waals surface area contributed by atoms with Crippen LogP contribution in [0.4, 0.5) is 0 Å². The number of carboxylic acids is 1. The van der Waals surface area contributed by atoms with E-state index in [1.807, 2.05) is 0 Å². The quantitative estimate of drug-likeness (QED) is 0.867. The standard InChI is InChI=1S/C14H15Cl2NO4/c15-10-2-1-3-11(16)9(10)6-13(18)17-7-8-4-5-12(21-8)14(19)20/h1-3,8,12H,4-7H2,(H,17,18)(H,19,20). The summed E-state index contributed by atoms with van der Waals surface area (Å²) < 4.78 is 5.30. The molecule has 1 aromatic carbocycles. The van der Waals surface area contributed by atoms with Gasteiger partial charge in [0.15, 0.2) is 6.10 Å². The third kappa shape index (κ3) is 4.33. The molecule has 1 saturated heterocycles. The summed E-state index contributed by atoms with van der Waals surface area (Å²) in [6, 6.07) is 5.06. The summed E-state index contributed by atoms with van der Waals surface area (Å²) in [6.07, 6.45) is 0.117. The first kappa shape index (κ1) is 16.1. The zero-order chi connectivity index (χ0) is 15.4. The van der Waals surface area contributed by atoms with E-state index >= 15 is 0 Å². The van der Waals surface area contributed by atoms with E-state index in [1.54, 1.807) is 18.2 Å². The number of carboxylic acid groups (broad SMARTS) is 1. The van der Waals surface area contributed by atoms with E-state index in [0.717, 1.165) is 0 Å². The maximum Gasteiger partial charge on any atom is 0.332 e. The molecule has 1 fully saturated rings. The van der Waals surface area contributed by atoms with E-state index in [1.165, 1.54) is 0 Å². The molecule has 1 aromatic rings. The van der Waals surface area contributed by atoms with Gasteiger partial charge in [0.1, 0.15) is 0 Å². The highest BCUT2D eigenvalue weighted by atomic mass is 35.5. The third-order valence-electron chi connectivity index (χ3n) is 3.31. The van der Waals surface area contributed by atoms with Gasteiger partial charge in [-0.2, -0.15) is 0 Å². The lowest BCUT2D eigenvalue weighted by Crippen LogP contribution is -2.34. The van der Waals surface area contributed by atoms with Crippen molar-refractivity contribution in [2.24, 2.45) is 0 Å². The van der Waals surface area contributed by atoms with Crippen LogP contribution in [0.2, 0.25) is 10.0 Å². The molecule has 2 rings (SSSR count). The molecule has 1 aliphatic rings. The minimum atomic E-state index is -0.966. The Kier molecular flexibility index (Phi) is 5.45. The Hall–Kier alpha value is -1.30. The molecule has 2 N–H and O–H groups in total. The van der Waals surface area contributed by atoms with Crippen LogP contribution in [0, 0.1) is 0 Å². The molecular formula is C14H15Cl2NO4. The second kappa shape index (κ2) is 7.11. The predicted molar refractivity (Wildman–Crippen MR) is 78.7 cm³/mol. The Bertz CT molecular complexity index is 530. The van der Waals surface area contributed by atoms with Crippen LogP contribution in [-0.2, 0) is 20.7 Å². The molecule has 0 aromatic heterocycles. The fraction of sp³-hybridized carbons (Fsp3) is 0.429. The molecule has 7 heteroatoms. The Balaban J connectivity index is 1.82. The highest BCUT2D eigenvalue weighted by Gasteiger charge is 2.30. The van der Waals surface area contributed by atoms with Crippen LogP contribution in [0.5, 0.6) is 0 Å². The highest BCUT2D eigenvalue weighted by molar-refractivity contribution is 6.36. The molecule has 0 aliphatic carbocycles. The highest BCUT2D eigenvalue weighted by Crippen LogP contribution is 2.24. The van der Waals surface area contributed by atoms with Crippen LogP contribution in [0.15, 0.2) is 18.2 Å². The van der Waals surface area contributed by atoms with Gasteiger partial charge < -0.3 is 15.2 Å². The van der Waals surface area contributed by atoms with Gasteiger partial charge in [-0.25, -0.2) is 4.79 Å². The Labute approximate surface area is 132 Å². The number of benzene rings is 1. The molecule has 1 heterocycles. The topological polar surface area (TPSA) is 75.6 Å². The van der Waals surface area contributed by atoms with E-state index < -0.39 is 12.1 Å². The number of amides is 1. The Morgan fingerprint density at radius 3 is 2.52 bits per heavy atom. The fourth-order valence-electron chi connectivity index (χ4n) is 2.19. The van der Waals surface area contributed by atoms with Gasteiger partial charge in [-0.3, -0.25) is 4.79 Å². The molecule has 1 amide bonds. The van der Waals surface area contributed by atoms with Crippen molar-refractivity contribution in [2.45, 2.75) is 31.5 Å². The first-order chi connectivity index (χ1) is 9.97. The predicted octanol–water partition coefficient (Wildman–Crippen LogP) is 2.28. The fourth-order valence-corrected chi connectivity index (χ4v) is 2.72. The SMILES string of the molecule is O=C(Cc1c(Cl)cccc1Cl)NCC1CCC(C(=O)O)O1. The number of hydrogen-bond acceptors (Lipinski definition) is 3. The van der Waals surface area contributed by atoms with Gasteiger partial charge in [0.2, 0.25) is 5.91 Å². The maximum absolute atomic E-state index is 11.9. The molecule has 0 bridgehead atoms. The molecule has 21 heavy (non-hydrogen) atoms. The summed E-state index contributed by atoms with van der Waals surface area (Å²) >= 11 is 12.0. The van der Waals surface area contributed by atoms with Crippen LogP contribution in [-0.4, -0.2) is 35.7 Å². The molecule has 1 aliphatic heterocycles. The lowest BCUT2D eigenvalue weighted by molar-refractivity contribution is -0.149. The lowest BCUT2D eigenvalue weighted by Gasteiger charge is -2.13. The van der Waals surface area contributed by atoms with Gasteiger partial charge in [0, 0.05) is 16.6 Å². The average molecular weight is 332 g/mol. The molecule has 0 spiro atoms. The Morgan fingerprint density at radius 1 is 1.29 bits per heavy atom. The van der Waals surface area contributed by atoms with E-state index in [9.17, 15) is 9.59 Å². The smallest absolute Gasteiger partial charge is 0.332 e. The van der Waals surface area contributed by atoms with E-state index in [0.29, 0.717) is 28.5 Å². The van der Waals surface area contributed by atoms with Crippen LogP contribution < -0.4 is 5.32 Å². The molecule has 5 nitrogen and oxygen atoms in total. The van der Waals surface area contributed by atoms with Gasteiger partial charge in [-0.1, -0.05) is 29.3 Å². The number of carbonyl (C=O) groups is 2. The minimum Gasteiger partial charge on any atom is -0.479 e. The van der Waals surface area contributed by atoms with Crippen LogP contribution in [0.25, 0.3) is 0 Å². The van der Waals surface area contributed by atoms with Crippen molar-refractivity contribution in [1.29, 1.82) is 0 Å². The average Bonchev–Trinajstić information content (AvgIpc) is 2.90. The summed E-state index contributed by atoms with van der Waals surface area (Å²) in [5.41, 5.74) is 0.578. The summed E-state index contributed by atoms with van der Waals surface area (Å²) in [5.74, 6) is -1.20. The van der Waals surface area contributed by atoms with Gasteiger partial charge >= 0.3 is 5.97 Å². The molecule has 2 unspecified atom stereocenters. The molecule has 114 valence electrons. The summed E-state index contributed by atoms with van der Waals surface area (Å²) in [5, 5.41) is 12.4. The van der Waals surface area contributed by atoms with Crippen molar-refractivity contribution >= 4 is 35.1 Å². The lowest BCUT2D eigenvalue weighted by atomic mass is 10.1.